The number of benzene rings is 1. The summed E-state index contributed by atoms with van der Waals surface area (Å²) in [4.78, 5) is 21.3. The number of carbonyl (C=O) groups is 2. The normalized spacial score (nSPS) is 9.12. The van der Waals surface area contributed by atoms with Crippen LogP contribution in [0.2, 0.25) is 0 Å². The lowest BCUT2D eigenvalue weighted by Crippen LogP contribution is -2.37. The zero-order chi connectivity index (χ0) is 12.7. The fraction of sp³-hybridized carbons (Fsp3) is 0.182. The van der Waals surface area contributed by atoms with Crippen molar-refractivity contribution in [2.24, 2.45) is 0 Å². The third kappa shape index (κ3) is 4.66. The van der Waals surface area contributed by atoms with Gasteiger partial charge in [0.15, 0.2) is 0 Å². The van der Waals surface area contributed by atoms with E-state index in [4.69, 9.17) is 10.4 Å². The van der Waals surface area contributed by atoms with E-state index in [1.807, 2.05) is 6.07 Å². The van der Waals surface area contributed by atoms with Gasteiger partial charge in [0, 0.05) is 6.54 Å². The molecule has 0 aliphatic rings. The lowest BCUT2D eigenvalue weighted by Gasteiger charge is -2.05. The fourth-order valence-electron chi connectivity index (χ4n) is 1.10. The van der Waals surface area contributed by atoms with E-state index in [0.29, 0.717) is 5.56 Å². The predicted molar refractivity (Wildman–Crippen MR) is 59.0 cm³/mol. The number of hydrogen-bond donors (Lipinski definition) is 3. The van der Waals surface area contributed by atoms with E-state index in [9.17, 15) is 9.59 Å². The summed E-state index contributed by atoms with van der Waals surface area (Å²) in [6.45, 7) is -0.142. The van der Waals surface area contributed by atoms with Gasteiger partial charge in [-0.2, -0.15) is 5.26 Å². The van der Waals surface area contributed by atoms with Crippen LogP contribution in [0.3, 0.4) is 0 Å². The molecule has 1 rings (SSSR count). The van der Waals surface area contributed by atoms with Crippen LogP contribution in [0.5, 0.6) is 0 Å². The quantitative estimate of drug-likeness (QED) is 0.702. The number of nitrogens with one attached hydrogen (secondary N) is 2. The number of urea groups is 1. The van der Waals surface area contributed by atoms with Crippen LogP contribution < -0.4 is 10.6 Å². The molecule has 0 atom stereocenters. The number of aliphatic carboxylic acids is 1. The summed E-state index contributed by atoms with van der Waals surface area (Å²) < 4.78 is 0. The van der Waals surface area contributed by atoms with Gasteiger partial charge in [-0.25, -0.2) is 4.79 Å². The van der Waals surface area contributed by atoms with E-state index in [2.05, 4.69) is 10.6 Å². The second-order valence-electron chi connectivity index (χ2n) is 3.24. The molecular weight excluding hydrogens is 222 g/mol. The molecule has 6 heteroatoms. The molecule has 0 aliphatic heterocycles. The highest BCUT2D eigenvalue weighted by Crippen LogP contribution is 2.02. The Bertz CT molecular complexity index is 448. The molecule has 6 nitrogen and oxygen atoms in total. The highest BCUT2D eigenvalue weighted by atomic mass is 16.4. The van der Waals surface area contributed by atoms with Crippen LogP contribution in [0.25, 0.3) is 0 Å². The molecule has 3 N–H and O–H groups in total. The van der Waals surface area contributed by atoms with E-state index < -0.39 is 18.5 Å². The summed E-state index contributed by atoms with van der Waals surface area (Å²) >= 11 is 0. The van der Waals surface area contributed by atoms with Crippen LogP contribution in [0.15, 0.2) is 24.3 Å². The Hall–Kier alpha value is -2.55. The Morgan fingerprint density at radius 2 is 1.88 bits per heavy atom. The van der Waals surface area contributed by atoms with Gasteiger partial charge in [0.05, 0.1) is 11.6 Å². The first-order valence-corrected chi connectivity index (χ1v) is 4.84. The number of carboxylic acids is 1. The van der Waals surface area contributed by atoms with Crippen molar-refractivity contribution in [3.63, 3.8) is 0 Å². The Labute approximate surface area is 97.9 Å². The molecule has 1 aromatic rings. The zero-order valence-corrected chi connectivity index (χ0v) is 8.93. The minimum absolute atomic E-state index is 0.275. The highest BCUT2D eigenvalue weighted by Gasteiger charge is 2.02. The topological polar surface area (TPSA) is 102 Å². The fourth-order valence-corrected chi connectivity index (χ4v) is 1.10. The third-order valence-corrected chi connectivity index (χ3v) is 1.94. The average Bonchev–Trinajstić information content (AvgIpc) is 2.34. The molecule has 0 saturated heterocycles. The van der Waals surface area contributed by atoms with Gasteiger partial charge in [-0.3, -0.25) is 4.79 Å². The largest absolute Gasteiger partial charge is 0.480 e. The number of hydrogen-bond acceptors (Lipinski definition) is 3. The van der Waals surface area contributed by atoms with Gasteiger partial charge < -0.3 is 15.7 Å². The Morgan fingerprint density at radius 3 is 2.41 bits per heavy atom. The maximum absolute atomic E-state index is 11.1. The van der Waals surface area contributed by atoms with E-state index in [1.54, 1.807) is 24.3 Å². The van der Waals surface area contributed by atoms with Gasteiger partial charge in [0.1, 0.15) is 6.54 Å². The number of nitriles is 1. The lowest BCUT2D eigenvalue weighted by molar-refractivity contribution is -0.135. The Balaban J connectivity index is 2.37. The maximum Gasteiger partial charge on any atom is 0.323 e. The molecule has 0 radical (unpaired) electrons. The molecule has 0 fully saturated rings. The first kappa shape index (κ1) is 12.5. The SMILES string of the molecule is N#Cc1ccc(CNC(=O)NCC(=O)O)cc1. The molecular formula is C11H11N3O3. The van der Waals surface area contributed by atoms with Crippen molar-refractivity contribution >= 4 is 12.0 Å². The number of carboxylic acid groups (broad SMARTS) is 1. The van der Waals surface area contributed by atoms with E-state index >= 15 is 0 Å². The van der Waals surface area contributed by atoms with Crippen molar-refractivity contribution in [3.05, 3.63) is 35.4 Å². The molecule has 0 spiro atoms. The summed E-state index contributed by atoms with van der Waals surface area (Å²) in [6, 6.07) is 8.17. The Kier molecular flexibility index (Phi) is 4.51. The molecule has 0 unspecified atom stereocenters. The number of rotatable bonds is 4. The first-order chi connectivity index (χ1) is 8.11. The molecule has 1 aromatic carbocycles. The molecule has 0 aliphatic carbocycles. The van der Waals surface area contributed by atoms with E-state index in [0.717, 1.165) is 5.56 Å². The average molecular weight is 233 g/mol. The molecule has 0 bridgehead atoms. The van der Waals surface area contributed by atoms with Crippen LogP contribution in [-0.2, 0) is 11.3 Å². The number of nitrogens with zero attached hydrogens (tertiary/aromatic N) is 1. The van der Waals surface area contributed by atoms with Crippen molar-refractivity contribution in [3.8, 4) is 6.07 Å². The highest BCUT2D eigenvalue weighted by molar-refractivity contribution is 5.79. The Morgan fingerprint density at radius 1 is 1.24 bits per heavy atom. The maximum atomic E-state index is 11.1. The molecule has 0 aromatic heterocycles. The smallest absolute Gasteiger partial charge is 0.323 e. The van der Waals surface area contributed by atoms with Crippen molar-refractivity contribution in [1.82, 2.24) is 10.6 Å². The van der Waals surface area contributed by atoms with Gasteiger partial charge in [-0.15, -0.1) is 0 Å². The van der Waals surface area contributed by atoms with Crippen LogP contribution in [0.4, 0.5) is 4.79 Å². The zero-order valence-electron chi connectivity index (χ0n) is 8.93. The summed E-state index contributed by atoms with van der Waals surface area (Å²) in [5.41, 5.74) is 1.37. The van der Waals surface area contributed by atoms with Crippen molar-refractivity contribution < 1.29 is 14.7 Å². The van der Waals surface area contributed by atoms with Gasteiger partial charge >= 0.3 is 12.0 Å². The lowest BCUT2D eigenvalue weighted by atomic mass is 10.1. The second-order valence-corrected chi connectivity index (χ2v) is 3.24. The number of amides is 2. The van der Waals surface area contributed by atoms with Gasteiger partial charge in [-0.1, -0.05) is 12.1 Å². The van der Waals surface area contributed by atoms with Crippen molar-refractivity contribution in [1.29, 1.82) is 5.26 Å². The van der Waals surface area contributed by atoms with Gasteiger partial charge in [-0.05, 0) is 17.7 Å². The van der Waals surface area contributed by atoms with Crippen LogP contribution in [0.1, 0.15) is 11.1 Å². The van der Waals surface area contributed by atoms with Gasteiger partial charge in [0.2, 0.25) is 0 Å². The van der Waals surface area contributed by atoms with Gasteiger partial charge in [0.25, 0.3) is 0 Å². The van der Waals surface area contributed by atoms with Crippen LogP contribution in [0, 0.1) is 11.3 Å². The standard InChI is InChI=1S/C11H11N3O3/c12-5-8-1-3-9(4-2-8)6-13-11(17)14-7-10(15)16/h1-4H,6-7H2,(H,15,16)(H2,13,14,17). The third-order valence-electron chi connectivity index (χ3n) is 1.94. The molecule has 0 heterocycles. The minimum Gasteiger partial charge on any atom is -0.480 e. The van der Waals surface area contributed by atoms with Crippen molar-refractivity contribution in [2.75, 3.05) is 6.54 Å². The summed E-state index contributed by atoms with van der Waals surface area (Å²) in [7, 11) is 0. The molecule has 0 saturated carbocycles. The van der Waals surface area contributed by atoms with E-state index in [1.165, 1.54) is 0 Å². The second kappa shape index (κ2) is 6.12. The number of carbonyl (C=O) groups excluding carboxylic acids is 1. The van der Waals surface area contributed by atoms with Crippen LogP contribution in [-0.4, -0.2) is 23.7 Å². The molecule has 17 heavy (non-hydrogen) atoms. The predicted octanol–water partition coefficient (Wildman–Crippen LogP) is 0.442. The summed E-state index contributed by atoms with van der Waals surface area (Å²) in [5.74, 6) is -1.10. The monoisotopic (exact) mass is 233 g/mol. The summed E-state index contributed by atoms with van der Waals surface area (Å²) in [5, 5.41) is 21.6. The first-order valence-electron chi connectivity index (χ1n) is 4.84. The van der Waals surface area contributed by atoms with Crippen molar-refractivity contribution in [2.45, 2.75) is 6.54 Å². The molecule has 2 amide bonds. The molecule has 88 valence electrons. The summed E-state index contributed by atoms with van der Waals surface area (Å²) in [6.07, 6.45) is 0. The van der Waals surface area contributed by atoms with Crippen LogP contribution >= 0.6 is 0 Å². The van der Waals surface area contributed by atoms with E-state index in [-0.39, 0.29) is 6.54 Å². The minimum atomic E-state index is -1.10.